The lowest BCUT2D eigenvalue weighted by Crippen LogP contribution is -2.47. The number of nitrogens with one attached hydrogen (secondary N) is 1. The van der Waals surface area contributed by atoms with Crippen molar-refractivity contribution in [1.29, 1.82) is 0 Å². The summed E-state index contributed by atoms with van der Waals surface area (Å²) in [6.45, 7) is 1.35. The molecule has 1 aliphatic rings. The maximum atomic E-state index is 12.2. The number of nitrogens with zero attached hydrogens (tertiary/aromatic N) is 5. The molecule has 1 unspecified atom stereocenters. The highest BCUT2D eigenvalue weighted by Crippen LogP contribution is 2.23. The van der Waals surface area contributed by atoms with Crippen molar-refractivity contribution < 1.29 is 14.3 Å². The normalized spacial score (nSPS) is 16.2. The number of carbonyl (C=O) groups excluding carboxylic acids is 1. The lowest BCUT2D eigenvalue weighted by atomic mass is 10.0. The fourth-order valence-corrected chi connectivity index (χ4v) is 3.50. The molecule has 9 nitrogen and oxygen atoms in total. The first-order valence-corrected chi connectivity index (χ1v) is 9.90. The molecule has 2 aromatic heterocycles. The Morgan fingerprint density at radius 1 is 1.17 bits per heavy atom. The molecule has 1 atom stereocenters. The van der Waals surface area contributed by atoms with Crippen LogP contribution in [0.2, 0.25) is 0 Å². The summed E-state index contributed by atoms with van der Waals surface area (Å²) >= 11 is 0. The summed E-state index contributed by atoms with van der Waals surface area (Å²) in [5.74, 6) is 2.58. The summed E-state index contributed by atoms with van der Waals surface area (Å²) in [6, 6.07) is 8.92. The quantitative estimate of drug-likeness (QED) is 0.670. The molecule has 1 amide bonds. The van der Waals surface area contributed by atoms with E-state index in [1.54, 1.807) is 54.7 Å². The molecule has 156 valence electrons. The first-order chi connectivity index (χ1) is 14.7. The average molecular weight is 408 g/mol. The third-order valence-corrected chi connectivity index (χ3v) is 5.04. The molecular formula is C21H24N6O3. The minimum absolute atomic E-state index is 0.132. The van der Waals surface area contributed by atoms with Gasteiger partial charge in [0.2, 0.25) is 5.95 Å². The minimum Gasteiger partial charge on any atom is -0.497 e. The molecule has 0 aliphatic carbocycles. The number of anilines is 1. The molecule has 1 aromatic carbocycles. The highest BCUT2D eigenvalue weighted by Gasteiger charge is 2.25. The average Bonchev–Trinajstić information content (AvgIpc) is 3.34. The Labute approximate surface area is 174 Å². The van der Waals surface area contributed by atoms with Gasteiger partial charge in [0.05, 0.1) is 7.11 Å². The summed E-state index contributed by atoms with van der Waals surface area (Å²) in [5, 5.41) is 2.88. The second kappa shape index (κ2) is 9.25. The molecule has 3 heterocycles. The van der Waals surface area contributed by atoms with Crippen LogP contribution in [-0.4, -0.2) is 51.9 Å². The third-order valence-electron chi connectivity index (χ3n) is 5.04. The van der Waals surface area contributed by atoms with Crippen molar-refractivity contribution in [3.63, 3.8) is 0 Å². The van der Waals surface area contributed by atoms with Gasteiger partial charge < -0.3 is 19.7 Å². The monoisotopic (exact) mass is 408 g/mol. The molecule has 0 spiro atoms. The van der Waals surface area contributed by atoms with Gasteiger partial charge in [-0.3, -0.25) is 4.57 Å². The molecule has 30 heavy (non-hydrogen) atoms. The second-order valence-electron chi connectivity index (χ2n) is 6.97. The van der Waals surface area contributed by atoms with E-state index in [0.717, 1.165) is 31.6 Å². The van der Waals surface area contributed by atoms with Crippen LogP contribution in [-0.2, 0) is 0 Å². The first kappa shape index (κ1) is 19.7. The Balaban J connectivity index is 1.39. The molecule has 0 saturated carbocycles. The zero-order valence-corrected chi connectivity index (χ0v) is 16.8. The standard InChI is InChI=1S/C21H24N6O3/c1-29-17-5-7-18(8-6-17)30-21(28)24-14-16-4-2-3-12-27(16)19-9-10-23-20(25-19)26-13-11-22-15-26/h5-11,13,15-16H,2-4,12,14H2,1H3,(H,24,28). The van der Waals surface area contributed by atoms with Gasteiger partial charge in [-0.1, -0.05) is 0 Å². The molecule has 1 saturated heterocycles. The molecule has 0 bridgehead atoms. The molecule has 0 radical (unpaired) electrons. The summed E-state index contributed by atoms with van der Waals surface area (Å²) in [4.78, 5) is 27.5. The number of ether oxygens (including phenoxy) is 2. The van der Waals surface area contributed by atoms with E-state index in [1.165, 1.54) is 0 Å². The molecule has 1 aliphatic heterocycles. The number of amides is 1. The van der Waals surface area contributed by atoms with E-state index in [2.05, 4.69) is 25.2 Å². The van der Waals surface area contributed by atoms with Gasteiger partial charge in [-0.15, -0.1) is 0 Å². The van der Waals surface area contributed by atoms with Gasteiger partial charge in [-0.05, 0) is 49.6 Å². The molecular weight excluding hydrogens is 384 g/mol. The zero-order chi connectivity index (χ0) is 20.8. The second-order valence-corrected chi connectivity index (χ2v) is 6.97. The van der Waals surface area contributed by atoms with Crippen molar-refractivity contribution in [3.8, 4) is 17.4 Å². The topological polar surface area (TPSA) is 94.4 Å². The van der Waals surface area contributed by atoms with Gasteiger partial charge in [0.1, 0.15) is 23.6 Å². The van der Waals surface area contributed by atoms with Crippen LogP contribution in [0.5, 0.6) is 11.5 Å². The summed E-state index contributed by atoms with van der Waals surface area (Å²) in [5.41, 5.74) is 0. The van der Waals surface area contributed by atoms with Crippen molar-refractivity contribution >= 4 is 11.9 Å². The number of rotatable bonds is 6. The zero-order valence-electron chi connectivity index (χ0n) is 16.8. The van der Waals surface area contributed by atoms with Crippen LogP contribution in [0.15, 0.2) is 55.2 Å². The molecule has 1 N–H and O–H groups in total. The smallest absolute Gasteiger partial charge is 0.412 e. The van der Waals surface area contributed by atoms with Crippen LogP contribution >= 0.6 is 0 Å². The minimum atomic E-state index is -0.479. The van der Waals surface area contributed by atoms with E-state index in [9.17, 15) is 4.79 Å². The fraction of sp³-hybridized carbons (Fsp3) is 0.333. The van der Waals surface area contributed by atoms with E-state index >= 15 is 0 Å². The lowest BCUT2D eigenvalue weighted by molar-refractivity contribution is 0.199. The van der Waals surface area contributed by atoms with Gasteiger partial charge in [-0.2, -0.15) is 4.98 Å². The van der Waals surface area contributed by atoms with E-state index in [1.807, 2.05) is 12.3 Å². The number of methoxy groups -OCH3 is 1. The van der Waals surface area contributed by atoms with Crippen molar-refractivity contribution in [2.24, 2.45) is 0 Å². The van der Waals surface area contributed by atoms with E-state index in [0.29, 0.717) is 24.0 Å². The summed E-state index contributed by atoms with van der Waals surface area (Å²) < 4.78 is 12.2. The van der Waals surface area contributed by atoms with Gasteiger partial charge in [-0.25, -0.2) is 14.8 Å². The molecule has 3 aromatic rings. The lowest BCUT2D eigenvalue weighted by Gasteiger charge is -2.36. The number of benzene rings is 1. The first-order valence-electron chi connectivity index (χ1n) is 9.90. The number of piperidine rings is 1. The number of carbonyl (C=O) groups is 1. The Kier molecular flexibility index (Phi) is 6.07. The summed E-state index contributed by atoms with van der Waals surface area (Å²) in [7, 11) is 1.59. The highest BCUT2D eigenvalue weighted by atomic mass is 16.6. The van der Waals surface area contributed by atoms with E-state index in [4.69, 9.17) is 9.47 Å². The maximum absolute atomic E-state index is 12.2. The molecule has 1 fully saturated rings. The number of hydrogen-bond donors (Lipinski definition) is 1. The Morgan fingerprint density at radius 3 is 2.77 bits per heavy atom. The number of hydrogen-bond acceptors (Lipinski definition) is 7. The van der Waals surface area contributed by atoms with Crippen LogP contribution in [0.1, 0.15) is 19.3 Å². The summed E-state index contributed by atoms with van der Waals surface area (Å²) in [6.07, 6.45) is 9.59. The third kappa shape index (κ3) is 4.68. The Hall–Kier alpha value is -3.62. The number of aromatic nitrogens is 4. The molecule has 9 heteroatoms. The van der Waals surface area contributed by atoms with Gasteiger partial charge >= 0.3 is 6.09 Å². The van der Waals surface area contributed by atoms with E-state index in [-0.39, 0.29) is 6.04 Å². The maximum Gasteiger partial charge on any atom is 0.412 e. The van der Waals surface area contributed by atoms with Gasteiger partial charge in [0.25, 0.3) is 0 Å². The molecule has 4 rings (SSSR count). The van der Waals surface area contributed by atoms with Crippen LogP contribution in [0.25, 0.3) is 5.95 Å². The van der Waals surface area contributed by atoms with Gasteiger partial charge in [0.15, 0.2) is 0 Å². The van der Waals surface area contributed by atoms with Crippen molar-refractivity contribution in [2.75, 3.05) is 25.1 Å². The van der Waals surface area contributed by atoms with Crippen molar-refractivity contribution in [1.82, 2.24) is 24.8 Å². The van der Waals surface area contributed by atoms with Crippen molar-refractivity contribution in [2.45, 2.75) is 25.3 Å². The SMILES string of the molecule is COc1ccc(OC(=O)NCC2CCCCN2c2ccnc(-n3ccnc3)n2)cc1. The van der Waals surface area contributed by atoms with Gasteiger partial charge in [0, 0.05) is 37.7 Å². The predicted molar refractivity (Wildman–Crippen MR) is 111 cm³/mol. The van der Waals surface area contributed by atoms with Crippen LogP contribution in [0.4, 0.5) is 10.6 Å². The predicted octanol–water partition coefficient (Wildman–Crippen LogP) is 2.82. The highest BCUT2D eigenvalue weighted by molar-refractivity contribution is 5.70. The van der Waals surface area contributed by atoms with Crippen LogP contribution in [0.3, 0.4) is 0 Å². The van der Waals surface area contributed by atoms with Crippen LogP contribution in [0, 0.1) is 0 Å². The number of imidazole rings is 1. The fourth-order valence-electron chi connectivity index (χ4n) is 3.50. The largest absolute Gasteiger partial charge is 0.497 e. The Morgan fingerprint density at radius 2 is 2.00 bits per heavy atom. The van der Waals surface area contributed by atoms with Crippen molar-refractivity contribution in [3.05, 3.63) is 55.2 Å². The Bertz CT molecular complexity index is 961. The van der Waals surface area contributed by atoms with Crippen LogP contribution < -0.4 is 19.7 Å². The van der Waals surface area contributed by atoms with E-state index < -0.39 is 6.09 Å².